The van der Waals surface area contributed by atoms with Gasteiger partial charge in [0, 0.05) is 59.0 Å². The van der Waals surface area contributed by atoms with E-state index in [0.717, 1.165) is 5.57 Å². The average Bonchev–Trinajstić information content (AvgIpc) is 3.21. The second kappa shape index (κ2) is 22.2. The SMILES string of the molecule is C=CCC1/C=C(\C)CC(C)CC(OC)C2OC(O)(C(=O)C(=O)N3CCCCC3C(=O)OC(C(C)=CC3CCC(OC(C)=O)C(OC)C3)C(C)C(O)CC1=O)C(C)CC2OC. The Kier molecular flexibility index (Phi) is 18.3. The number of allylic oxidation sites excluding steroid dienone is 4. The van der Waals surface area contributed by atoms with Crippen LogP contribution in [0.25, 0.3) is 0 Å². The van der Waals surface area contributed by atoms with Gasteiger partial charge in [0.25, 0.3) is 11.7 Å². The highest BCUT2D eigenvalue weighted by Gasteiger charge is 2.56. The van der Waals surface area contributed by atoms with E-state index in [-0.39, 0.29) is 55.5 Å². The number of carbonyl (C=O) groups excluding carboxylic acids is 5. The second-order valence-corrected chi connectivity index (χ2v) is 17.9. The summed E-state index contributed by atoms with van der Waals surface area (Å²) >= 11 is 0. The van der Waals surface area contributed by atoms with Crippen molar-refractivity contribution in [3.05, 3.63) is 36.0 Å². The summed E-state index contributed by atoms with van der Waals surface area (Å²) in [5.41, 5.74) is 1.58. The number of carbonyl (C=O) groups is 5. The second-order valence-electron chi connectivity index (χ2n) is 17.9. The number of fused-ring (bicyclic) bond motifs is 3. The predicted octanol–water partition coefficient (Wildman–Crippen LogP) is 5.21. The minimum Gasteiger partial charge on any atom is -0.460 e. The van der Waals surface area contributed by atoms with Crippen LogP contribution in [0.5, 0.6) is 0 Å². The molecule has 0 spiro atoms. The monoisotopic (exact) mass is 845 g/mol. The summed E-state index contributed by atoms with van der Waals surface area (Å²) < 4.78 is 35.5. The smallest absolute Gasteiger partial charge is 0.329 e. The molecular formula is C46H71NO13. The zero-order chi connectivity index (χ0) is 44.5. The summed E-state index contributed by atoms with van der Waals surface area (Å²) in [5.74, 6) is -8.31. The molecule has 0 aromatic carbocycles. The van der Waals surface area contributed by atoms with Gasteiger partial charge in [-0.15, -0.1) is 6.58 Å². The lowest BCUT2D eigenvalue weighted by Crippen LogP contribution is -2.64. The van der Waals surface area contributed by atoms with E-state index in [9.17, 15) is 34.2 Å². The maximum atomic E-state index is 14.4. The molecule has 3 heterocycles. The van der Waals surface area contributed by atoms with Gasteiger partial charge in [-0.25, -0.2) is 4.79 Å². The van der Waals surface area contributed by atoms with Crippen molar-refractivity contribution in [3.63, 3.8) is 0 Å². The van der Waals surface area contributed by atoms with Crippen LogP contribution in [0.4, 0.5) is 0 Å². The third-order valence-electron chi connectivity index (χ3n) is 13.2. The number of amides is 1. The third kappa shape index (κ3) is 12.0. The van der Waals surface area contributed by atoms with Crippen molar-refractivity contribution in [2.24, 2.45) is 29.6 Å². The lowest BCUT2D eigenvalue weighted by atomic mass is 9.81. The van der Waals surface area contributed by atoms with E-state index in [1.807, 2.05) is 26.0 Å². The molecular weight excluding hydrogens is 774 g/mol. The molecule has 0 aromatic rings. The van der Waals surface area contributed by atoms with Crippen LogP contribution in [0.15, 0.2) is 36.0 Å². The lowest BCUT2D eigenvalue weighted by molar-refractivity contribution is -0.302. The van der Waals surface area contributed by atoms with Crippen LogP contribution in [0, 0.1) is 29.6 Å². The summed E-state index contributed by atoms with van der Waals surface area (Å²) in [5, 5.41) is 23.8. The van der Waals surface area contributed by atoms with Gasteiger partial charge >= 0.3 is 11.9 Å². The van der Waals surface area contributed by atoms with Crippen molar-refractivity contribution in [2.75, 3.05) is 27.9 Å². The fraction of sp³-hybridized carbons (Fsp3) is 0.761. The van der Waals surface area contributed by atoms with E-state index < -0.39 is 83.9 Å². The molecule has 14 heteroatoms. The molecule has 2 N–H and O–H groups in total. The summed E-state index contributed by atoms with van der Waals surface area (Å²) in [4.78, 5) is 69.8. The lowest BCUT2D eigenvalue weighted by Gasteiger charge is -2.47. The fourth-order valence-corrected chi connectivity index (χ4v) is 9.76. The predicted molar refractivity (Wildman–Crippen MR) is 222 cm³/mol. The maximum absolute atomic E-state index is 14.4. The molecule has 2 bridgehead atoms. The first-order valence-electron chi connectivity index (χ1n) is 21.8. The summed E-state index contributed by atoms with van der Waals surface area (Å²) in [6.07, 6.45) is 4.94. The number of ketones is 2. The van der Waals surface area contributed by atoms with Gasteiger partial charge in [-0.1, -0.05) is 44.6 Å². The largest absolute Gasteiger partial charge is 0.460 e. The summed E-state index contributed by atoms with van der Waals surface area (Å²) in [6, 6.07) is -1.16. The number of hydrogen-bond acceptors (Lipinski definition) is 13. The molecule has 14 unspecified atom stereocenters. The number of Topliss-reactive ketones (excluding diaryl/α,β-unsaturated/α-hetero) is 2. The normalized spacial score (nSPS) is 39.4. The number of methoxy groups -OCH3 is 3. The van der Waals surface area contributed by atoms with Crippen LogP contribution >= 0.6 is 0 Å². The molecule has 4 aliphatic rings. The third-order valence-corrected chi connectivity index (χ3v) is 13.2. The van der Waals surface area contributed by atoms with Crippen LogP contribution < -0.4 is 0 Å². The Morgan fingerprint density at radius 3 is 2.23 bits per heavy atom. The van der Waals surface area contributed by atoms with Crippen LogP contribution in [0.3, 0.4) is 0 Å². The highest BCUT2D eigenvalue weighted by Crippen LogP contribution is 2.39. The van der Waals surface area contributed by atoms with Gasteiger partial charge in [-0.2, -0.15) is 0 Å². The van der Waals surface area contributed by atoms with Crippen LogP contribution in [-0.2, 0) is 52.4 Å². The number of ether oxygens (including phenoxy) is 6. The Balaban J connectivity index is 1.77. The number of aliphatic hydroxyl groups is 2. The van der Waals surface area contributed by atoms with E-state index in [1.54, 1.807) is 34.0 Å². The fourth-order valence-electron chi connectivity index (χ4n) is 9.76. The standard InChI is InChI=1S/C46H71NO13/c1-11-14-33-20-26(2)19-27(3)21-39(56-9)42-40(57-10)23-29(5)46(54,60-42)43(51)44(52)47-18-13-12-15-34(47)45(53)59-41(30(6)35(49)25-36(33)50)28(4)22-32-16-17-37(58-31(7)48)38(24-32)55-8/h11,20,22,27,29-30,32-35,37-42,49,54H,1,12-19,21,23-25H2,2-10H3/b26-20+,28-22?. The van der Waals surface area contributed by atoms with Crippen molar-refractivity contribution in [1.29, 1.82) is 0 Å². The van der Waals surface area contributed by atoms with Gasteiger partial charge in [0.2, 0.25) is 5.79 Å². The molecule has 3 aliphatic heterocycles. The molecule has 3 fully saturated rings. The molecule has 0 aromatic heterocycles. The molecule has 0 radical (unpaired) electrons. The van der Waals surface area contributed by atoms with Crippen LogP contribution in [0.2, 0.25) is 0 Å². The minimum absolute atomic E-state index is 0.0000402. The number of piperidine rings is 1. The molecule has 2 saturated heterocycles. The van der Waals surface area contributed by atoms with E-state index in [0.29, 0.717) is 56.9 Å². The molecule has 338 valence electrons. The Morgan fingerprint density at radius 2 is 1.60 bits per heavy atom. The molecule has 60 heavy (non-hydrogen) atoms. The number of esters is 2. The van der Waals surface area contributed by atoms with E-state index in [1.165, 1.54) is 26.0 Å². The van der Waals surface area contributed by atoms with E-state index in [2.05, 4.69) is 6.58 Å². The highest BCUT2D eigenvalue weighted by molar-refractivity contribution is 6.39. The Morgan fingerprint density at radius 1 is 0.933 bits per heavy atom. The van der Waals surface area contributed by atoms with Crippen LogP contribution in [0.1, 0.15) is 112 Å². The van der Waals surface area contributed by atoms with Crippen LogP contribution in [-0.4, -0.2) is 127 Å². The van der Waals surface area contributed by atoms with Gasteiger partial charge in [-0.3, -0.25) is 19.2 Å². The van der Waals surface area contributed by atoms with Crippen molar-refractivity contribution < 1.29 is 62.6 Å². The summed E-state index contributed by atoms with van der Waals surface area (Å²) in [6.45, 7) is 14.5. The molecule has 4 rings (SSSR count). The number of rotatable bonds is 8. The topological polar surface area (TPSA) is 184 Å². The van der Waals surface area contributed by atoms with Gasteiger partial charge in [-0.05, 0) is 95.5 Å². The number of aliphatic hydroxyl groups excluding tert-OH is 1. The Bertz CT molecular complexity index is 1590. The number of nitrogens with zero attached hydrogens (tertiary/aromatic N) is 1. The number of cyclic esters (lactones) is 1. The molecule has 14 nitrogen and oxygen atoms in total. The number of hydrogen-bond donors (Lipinski definition) is 2. The average molecular weight is 846 g/mol. The maximum Gasteiger partial charge on any atom is 0.329 e. The minimum atomic E-state index is -2.52. The van der Waals surface area contributed by atoms with Crippen molar-refractivity contribution in [2.45, 2.75) is 167 Å². The first-order chi connectivity index (χ1) is 28.4. The summed E-state index contributed by atoms with van der Waals surface area (Å²) in [7, 11) is 4.61. The van der Waals surface area contributed by atoms with Gasteiger partial charge < -0.3 is 43.5 Å². The van der Waals surface area contributed by atoms with Gasteiger partial charge in [0.1, 0.15) is 30.1 Å². The Hall–Kier alpha value is -3.27. The molecule has 1 aliphatic carbocycles. The Labute approximate surface area is 356 Å². The van der Waals surface area contributed by atoms with Crippen molar-refractivity contribution >= 4 is 29.4 Å². The quantitative estimate of drug-likeness (QED) is 0.185. The zero-order valence-corrected chi connectivity index (χ0v) is 37.3. The van der Waals surface area contributed by atoms with Gasteiger partial charge in [0.15, 0.2) is 0 Å². The van der Waals surface area contributed by atoms with Crippen molar-refractivity contribution in [3.8, 4) is 0 Å². The molecule has 1 saturated carbocycles. The van der Waals surface area contributed by atoms with E-state index in [4.69, 9.17) is 28.4 Å². The first-order valence-corrected chi connectivity index (χ1v) is 21.8. The van der Waals surface area contributed by atoms with E-state index >= 15 is 0 Å². The van der Waals surface area contributed by atoms with Crippen molar-refractivity contribution in [1.82, 2.24) is 4.90 Å². The highest BCUT2D eigenvalue weighted by atomic mass is 16.7. The van der Waals surface area contributed by atoms with Gasteiger partial charge in [0.05, 0.1) is 24.4 Å². The first kappa shape index (κ1) is 49.4. The zero-order valence-electron chi connectivity index (χ0n) is 37.3. The molecule has 14 atom stereocenters. The molecule has 1 amide bonds.